The van der Waals surface area contributed by atoms with Crippen molar-refractivity contribution >= 4 is 5.97 Å². The van der Waals surface area contributed by atoms with Crippen molar-refractivity contribution in [3.05, 3.63) is 29.8 Å². The molecular formula is C14H21FN2O2. The Bertz CT molecular complexity index is 406. The highest BCUT2D eigenvalue weighted by Crippen LogP contribution is 2.17. The second-order valence-electron chi connectivity index (χ2n) is 5.05. The number of aliphatic carboxylic acids is 1. The number of carboxylic acids is 1. The molecule has 1 rings (SSSR count). The van der Waals surface area contributed by atoms with E-state index >= 15 is 0 Å². The molecule has 0 spiro atoms. The second kappa shape index (κ2) is 7.19. The van der Waals surface area contributed by atoms with Crippen molar-refractivity contribution in [3.63, 3.8) is 0 Å². The predicted octanol–water partition coefficient (Wildman–Crippen LogP) is 2.76. The van der Waals surface area contributed by atoms with Crippen LogP contribution in [0.4, 0.5) is 4.39 Å². The molecule has 2 unspecified atom stereocenters. The zero-order valence-corrected chi connectivity index (χ0v) is 11.6. The van der Waals surface area contributed by atoms with Crippen molar-refractivity contribution in [2.24, 2.45) is 5.92 Å². The zero-order valence-electron chi connectivity index (χ0n) is 11.6. The first-order chi connectivity index (χ1) is 8.93. The molecule has 0 amide bonds. The average molecular weight is 268 g/mol. The van der Waals surface area contributed by atoms with E-state index in [9.17, 15) is 14.3 Å². The number of hydrogen-bond donors (Lipinski definition) is 2. The van der Waals surface area contributed by atoms with Gasteiger partial charge in [0.25, 0.3) is 0 Å². The lowest BCUT2D eigenvalue weighted by molar-refractivity contribution is -0.140. The maximum Gasteiger partial charge on any atom is 0.320 e. The maximum absolute atomic E-state index is 12.8. The first kappa shape index (κ1) is 15.6. The second-order valence-corrected chi connectivity index (χ2v) is 5.05. The molecule has 19 heavy (non-hydrogen) atoms. The third-order valence-electron chi connectivity index (χ3n) is 2.92. The van der Waals surface area contributed by atoms with Crippen LogP contribution < -0.4 is 5.32 Å². The number of halogens is 1. The van der Waals surface area contributed by atoms with E-state index in [4.69, 9.17) is 0 Å². The van der Waals surface area contributed by atoms with Gasteiger partial charge in [-0.3, -0.25) is 15.1 Å². The van der Waals surface area contributed by atoms with Crippen LogP contribution in [0.2, 0.25) is 0 Å². The number of aromatic nitrogens is 1. The van der Waals surface area contributed by atoms with Crippen LogP contribution in [-0.2, 0) is 4.79 Å². The Balaban J connectivity index is 2.79. The predicted molar refractivity (Wildman–Crippen MR) is 71.2 cm³/mol. The molecule has 0 aromatic carbocycles. The van der Waals surface area contributed by atoms with E-state index in [0.29, 0.717) is 18.5 Å². The van der Waals surface area contributed by atoms with E-state index in [1.165, 1.54) is 6.07 Å². The van der Waals surface area contributed by atoms with Crippen molar-refractivity contribution in [3.8, 4) is 0 Å². The average Bonchev–Trinajstić information content (AvgIpc) is 2.35. The van der Waals surface area contributed by atoms with Gasteiger partial charge < -0.3 is 5.11 Å². The molecule has 0 bridgehead atoms. The van der Waals surface area contributed by atoms with Gasteiger partial charge in [0.2, 0.25) is 0 Å². The van der Waals surface area contributed by atoms with Gasteiger partial charge in [0.15, 0.2) is 0 Å². The number of hydrogen-bond acceptors (Lipinski definition) is 3. The fourth-order valence-electron chi connectivity index (χ4n) is 1.96. The molecule has 5 heteroatoms. The summed E-state index contributed by atoms with van der Waals surface area (Å²) < 4.78 is 12.8. The van der Waals surface area contributed by atoms with Crippen molar-refractivity contribution in [1.29, 1.82) is 0 Å². The van der Waals surface area contributed by atoms with Crippen LogP contribution in [0.5, 0.6) is 0 Å². The zero-order chi connectivity index (χ0) is 14.4. The Labute approximate surface area is 113 Å². The summed E-state index contributed by atoms with van der Waals surface area (Å²) in [5.74, 6) is -0.975. The third-order valence-corrected chi connectivity index (χ3v) is 2.92. The summed E-state index contributed by atoms with van der Waals surface area (Å²) in [5, 5.41) is 12.3. The largest absolute Gasteiger partial charge is 0.480 e. The van der Waals surface area contributed by atoms with E-state index in [2.05, 4.69) is 10.3 Å². The highest BCUT2D eigenvalue weighted by Gasteiger charge is 2.23. The van der Waals surface area contributed by atoms with Crippen LogP contribution in [0, 0.1) is 11.7 Å². The maximum atomic E-state index is 12.8. The van der Waals surface area contributed by atoms with Crippen molar-refractivity contribution in [2.75, 3.05) is 0 Å². The van der Waals surface area contributed by atoms with Gasteiger partial charge in [-0.1, -0.05) is 20.8 Å². The fraction of sp³-hybridized carbons (Fsp3) is 0.571. The molecule has 4 nitrogen and oxygen atoms in total. The van der Waals surface area contributed by atoms with E-state index in [-0.39, 0.29) is 12.0 Å². The minimum atomic E-state index is -0.866. The SMILES string of the molecule is CCC(NC(CC(C)C)C(=O)O)c1ccc(F)cn1. The quantitative estimate of drug-likeness (QED) is 0.798. The molecule has 0 fully saturated rings. The van der Waals surface area contributed by atoms with Gasteiger partial charge in [-0.05, 0) is 30.9 Å². The molecule has 1 heterocycles. The van der Waals surface area contributed by atoms with Crippen molar-refractivity contribution < 1.29 is 14.3 Å². The Morgan fingerprint density at radius 2 is 2.16 bits per heavy atom. The minimum absolute atomic E-state index is 0.180. The summed E-state index contributed by atoms with van der Waals surface area (Å²) in [5.41, 5.74) is 0.666. The summed E-state index contributed by atoms with van der Waals surface area (Å²) in [6, 6.07) is 2.13. The van der Waals surface area contributed by atoms with E-state index in [1.807, 2.05) is 20.8 Å². The first-order valence-electron chi connectivity index (χ1n) is 6.54. The van der Waals surface area contributed by atoms with Crippen LogP contribution in [-0.4, -0.2) is 22.1 Å². The number of nitrogens with one attached hydrogen (secondary N) is 1. The number of rotatable bonds is 7. The Kier molecular flexibility index (Phi) is 5.89. The van der Waals surface area contributed by atoms with Crippen molar-refractivity contribution in [2.45, 2.75) is 45.7 Å². The summed E-state index contributed by atoms with van der Waals surface area (Å²) in [4.78, 5) is 15.2. The molecule has 2 N–H and O–H groups in total. The van der Waals surface area contributed by atoms with E-state index in [1.54, 1.807) is 6.07 Å². The highest BCUT2D eigenvalue weighted by atomic mass is 19.1. The summed E-state index contributed by atoms with van der Waals surface area (Å²) in [6.07, 6.45) is 2.39. The number of nitrogens with zero attached hydrogens (tertiary/aromatic N) is 1. The normalized spacial score (nSPS) is 14.4. The van der Waals surface area contributed by atoms with Crippen LogP contribution >= 0.6 is 0 Å². The topological polar surface area (TPSA) is 62.2 Å². The Hall–Kier alpha value is -1.49. The molecule has 2 atom stereocenters. The minimum Gasteiger partial charge on any atom is -0.480 e. The summed E-state index contributed by atoms with van der Waals surface area (Å²) >= 11 is 0. The smallest absolute Gasteiger partial charge is 0.320 e. The van der Waals surface area contributed by atoms with Gasteiger partial charge >= 0.3 is 5.97 Å². The first-order valence-corrected chi connectivity index (χ1v) is 6.54. The van der Waals surface area contributed by atoms with Gasteiger partial charge in [-0.25, -0.2) is 4.39 Å². The third kappa shape index (κ3) is 4.95. The Morgan fingerprint density at radius 1 is 1.47 bits per heavy atom. The fourth-order valence-corrected chi connectivity index (χ4v) is 1.96. The molecule has 0 saturated carbocycles. The molecule has 0 aliphatic rings. The molecule has 0 aliphatic heterocycles. The van der Waals surface area contributed by atoms with Crippen LogP contribution in [0.25, 0.3) is 0 Å². The van der Waals surface area contributed by atoms with Gasteiger partial charge in [-0.2, -0.15) is 0 Å². The van der Waals surface area contributed by atoms with Gasteiger partial charge in [-0.15, -0.1) is 0 Å². The lowest BCUT2D eigenvalue weighted by Gasteiger charge is -2.23. The molecule has 1 aromatic heterocycles. The number of carbonyl (C=O) groups is 1. The molecular weight excluding hydrogens is 247 g/mol. The van der Waals surface area contributed by atoms with Crippen LogP contribution in [0.3, 0.4) is 0 Å². The monoisotopic (exact) mass is 268 g/mol. The van der Waals surface area contributed by atoms with Crippen LogP contribution in [0.15, 0.2) is 18.3 Å². The van der Waals surface area contributed by atoms with E-state index < -0.39 is 17.8 Å². The molecule has 0 saturated heterocycles. The lowest BCUT2D eigenvalue weighted by Crippen LogP contribution is -2.40. The Morgan fingerprint density at radius 3 is 2.58 bits per heavy atom. The van der Waals surface area contributed by atoms with Crippen LogP contribution in [0.1, 0.15) is 45.3 Å². The summed E-state index contributed by atoms with van der Waals surface area (Å²) in [7, 11) is 0. The van der Waals surface area contributed by atoms with Gasteiger partial charge in [0, 0.05) is 6.04 Å². The molecule has 0 radical (unpaired) electrons. The van der Waals surface area contributed by atoms with Gasteiger partial charge in [0.1, 0.15) is 11.9 Å². The standard InChI is InChI=1S/C14H21FN2O2/c1-4-11(12-6-5-10(15)8-16-12)17-13(14(18)19)7-9(2)3/h5-6,8-9,11,13,17H,4,7H2,1-3H3,(H,18,19). The highest BCUT2D eigenvalue weighted by molar-refractivity contribution is 5.73. The van der Waals surface area contributed by atoms with Gasteiger partial charge in [0.05, 0.1) is 11.9 Å². The van der Waals surface area contributed by atoms with Crippen molar-refractivity contribution in [1.82, 2.24) is 10.3 Å². The molecule has 106 valence electrons. The number of carboxylic acid groups (broad SMARTS) is 1. The summed E-state index contributed by atoms with van der Waals surface area (Å²) in [6.45, 7) is 5.90. The lowest BCUT2D eigenvalue weighted by atomic mass is 10.0. The molecule has 0 aliphatic carbocycles. The number of pyridine rings is 1. The van der Waals surface area contributed by atoms with E-state index in [0.717, 1.165) is 6.20 Å². The molecule has 1 aromatic rings.